The van der Waals surface area contributed by atoms with E-state index in [2.05, 4.69) is 40.1 Å². The highest BCUT2D eigenvalue weighted by molar-refractivity contribution is 5.90. The summed E-state index contributed by atoms with van der Waals surface area (Å²) in [5.41, 5.74) is 5.43. The molecule has 0 saturated carbocycles. The molecule has 1 aromatic heterocycles. The molecule has 0 bridgehead atoms. The third-order valence-corrected chi connectivity index (χ3v) is 5.47. The van der Waals surface area contributed by atoms with E-state index in [0.29, 0.717) is 5.92 Å². The predicted octanol–water partition coefficient (Wildman–Crippen LogP) is 6.80. The molecule has 3 aromatic rings. The van der Waals surface area contributed by atoms with Crippen LogP contribution >= 0.6 is 0 Å². The van der Waals surface area contributed by atoms with E-state index < -0.39 is 6.36 Å². The number of halogens is 3. The van der Waals surface area contributed by atoms with Crippen molar-refractivity contribution < 1.29 is 17.9 Å². The molecule has 1 unspecified atom stereocenters. The summed E-state index contributed by atoms with van der Waals surface area (Å²) in [5.74, 6) is 0.442. The zero-order valence-electron chi connectivity index (χ0n) is 15.6. The third-order valence-electron chi connectivity index (χ3n) is 5.47. The number of ether oxygens (including phenoxy) is 1. The van der Waals surface area contributed by atoms with Crippen molar-refractivity contribution >= 4 is 16.5 Å². The van der Waals surface area contributed by atoms with Crippen molar-refractivity contribution in [3.05, 3.63) is 71.4 Å². The number of alkyl halides is 3. The summed E-state index contributed by atoms with van der Waals surface area (Å²) < 4.78 is 41.5. The van der Waals surface area contributed by atoms with Crippen molar-refractivity contribution in [2.45, 2.75) is 39.0 Å². The van der Waals surface area contributed by atoms with Crippen molar-refractivity contribution in [1.29, 1.82) is 0 Å². The Morgan fingerprint density at radius 1 is 1.11 bits per heavy atom. The number of H-pyrrole nitrogens is 1. The molecule has 0 radical (unpaired) electrons. The summed E-state index contributed by atoms with van der Waals surface area (Å²) >= 11 is 0. The van der Waals surface area contributed by atoms with E-state index in [-0.39, 0.29) is 5.75 Å². The zero-order chi connectivity index (χ0) is 19.7. The van der Waals surface area contributed by atoms with Gasteiger partial charge in [-0.05, 0) is 73.4 Å². The topological polar surface area (TPSA) is 25.0 Å². The highest BCUT2D eigenvalue weighted by Gasteiger charge is 2.31. The molecule has 5 heteroatoms. The second kappa shape index (κ2) is 7.38. The third kappa shape index (κ3) is 4.08. The van der Waals surface area contributed by atoms with Crippen LogP contribution in [-0.2, 0) is 6.42 Å². The van der Waals surface area contributed by atoms with Gasteiger partial charge in [-0.1, -0.05) is 36.4 Å². The minimum atomic E-state index is -4.68. The van der Waals surface area contributed by atoms with Gasteiger partial charge in [0.05, 0.1) is 0 Å². The van der Waals surface area contributed by atoms with Gasteiger partial charge in [-0.15, -0.1) is 13.2 Å². The summed E-state index contributed by atoms with van der Waals surface area (Å²) in [5, 5.41) is 0.768. The maximum absolute atomic E-state index is 12.5. The predicted molar refractivity (Wildman–Crippen MR) is 105 cm³/mol. The lowest BCUT2D eigenvalue weighted by atomic mass is 9.84. The Bertz CT molecular complexity index is 1000. The lowest BCUT2D eigenvalue weighted by Crippen LogP contribution is -2.16. The molecule has 2 aromatic carbocycles. The molecule has 4 rings (SSSR count). The van der Waals surface area contributed by atoms with Crippen molar-refractivity contribution in [3.8, 4) is 5.75 Å². The highest BCUT2D eigenvalue weighted by Crippen LogP contribution is 2.36. The molecule has 1 N–H and O–H groups in total. The maximum Gasteiger partial charge on any atom is 0.573 e. The van der Waals surface area contributed by atoms with Crippen molar-refractivity contribution in [2.24, 2.45) is 5.92 Å². The quantitative estimate of drug-likeness (QED) is 0.525. The van der Waals surface area contributed by atoms with Crippen LogP contribution in [0.5, 0.6) is 5.75 Å². The second-order valence-corrected chi connectivity index (χ2v) is 7.44. The zero-order valence-corrected chi connectivity index (χ0v) is 15.6. The fourth-order valence-electron chi connectivity index (χ4n) is 4.07. The Kier molecular flexibility index (Phi) is 4.92. The SMILES string of the molecule is Cc1c(C2=CCC(Cc3ccccc3)CC2)[nH]c2ccc(OC(F)(F)F)cc12. The van der Waals surface area contributed by atoms with Crippen LogP contribution in [0, 0.1) is 12.8 Å². The van der Waals surface area contributed by atoms with E-state index >= 15 is 0 Å². The van der Waals surface area contributed by atoms with E-state index in [1.807, 2.05) is 13.0 Å². The first kappa shape index (κ1) is 18.7. The van der Waals surface area contributed by atoms with Gasteiger partial charge in [-0.2, -0.15) is 0 Å². The maximum atomic E-state index is 12.5. The largest absolute Gasteiger partial charge is 0.573 e. The number of aromatic amines is 1. The molecule has 0 saturated heterocycles. The van der Waals surface area contributed by atoms with E-state index in [9.17, 15) is 13.2 Å². The lowest BCUT2D eigenvalue weighted by Gasteiger charge is -2.22. The summed E-state index contributed by atoms with van der Waals surface area (Å²) in [4.78, 5) is 3.38. The average molecular weight is 385 g/mol. The smallest absolute Gasteiger partial charge is 0.406 e. The number of rotatable bonds is 4. The molecule has 0 amide bonds. The second-order valence-electron chi connectivity index (χ2n) is 7.44. The number of fused-ring (bicyclic) bond motifs is 1. The average Bonchev–Trinajstić information content (AvgIpc) is 2.98. The Morgan fingerprint density at radius 2 is 1.89 bits per heavy atom. The van der Waals surface area contributed by atoms with Gasteiger partial charge in [0, 0.05) is 16.6 Å². The molecule has 28 heavy (non-hydrogen) atoms. The van der Waals surface area contributed by atoms with E-state index in [4.69, 9.17) is 0 Å². The van der Waals surface area contributed by atoms with Gasteiger partial charge in [-0.25, -0.2) is 0 Å². The van der Waals surface area contributed by atoms with Crippen LogP contribution in [0.15, 0.2) is 54.6 Å². The Hall–Kier alpha value is -2.69. The Labute approximate surface area is 162 Å². The van der Waals surface area contributed by atoms with E-state index in [0.717, 1.165) is 47.8 Å². The number of aryl methyl sites for hydroxylation is 1. The van der Waals surface area contributed by atoms with Crippen LogP contribution in [0.3, 0.4) is 0 Å². The number of allylic oxidation sites excluding steroid dienone is 2. The van der Waals surface area contributed by atoms with Crippen LogP contribution in [0.4, 0.5) is 13.2 Å². The summed E-state index contributed by atoms with van der Waals surface area (Å²) in [6.45, 7) is 1.95. The Balaban J connectivity index is 1.53. The van der Waals surface area contributed by atoms with Gasteiger partial charge >= 0.3 is 6.36 Å². The van der Waals surface area contributed by atoms with Gasteiger partial charge in [0.1, 0.15) is 5.75 Å². The molecule has 1 aliphatic carbocycles. The number of nitrogens with one attached hydrogen (secondary N) is 1. The standard InChI is InChI=1S/C23H22F3NO/c1-15-20-14-19(28-23(24,25)26)11-12-21(20)27-22(15)18-9-7-17(8-10-18)13-16-5-3-2-4-6-16/h2-6,9,11-12,14,17,27H,7-8,10,13H2,1H3. The monoisotopic (exact) mass is 385 g/mol. The normalized spacial score (nSPS) is 17.6. The molecular weight excluding hydrogens is 363 g/mol. The van der Waals surface area contributed by atoms with Crippen molar-refractivity contribution in [3.63, 3.8) is 0 Å². The van der Waals surface area contributed by atoms with Gasteiger partial charge in [-0.3, -0.25) is 0 Å². The first-order valence-corrected chi connectivity index (χ1v) is 9.50. The van der Waals surface area contributed by atoms with E-state index in [1.165, 1.54) is 23.3 Å². The molecule has 2 nitrogen and oxygen atoms in total. The molecule has 1 aliphatic rings. The fourth-order valence-corrected chi connectivity index (χ4v) is 4.07. The lowest BCUT2D eigenvalue weighted by molar-refractivity contribution is -0.274. The molecule has 146 valence electrons. The number of benzene rings is 2. The Morgan fingerprint density at radius 3 is 2.57 bits per heavy atom. The number of hydrogen-bond donors (Lipinski definition) is 1. The van der Waals surface area contributed by atoms with Gasteiger partial charge in [0.15, 0.2) is 0 Å². The highest BCUT2D eigenvalue weighted by atomic mass is 19.4. The molecule has 1 atom stereocenters. The van der Waals surface area contributed by atoms with Crippen LogP contribution in [-0.4, -0.2) is 11.3 Å². The molecule has 0 fully saturated rings. The van der Waals surface area contributed by atoms with Crippen LogP contribution in [0.1, 0.15) is 36.1 Å². The summed E-state index contributed by atoms with van der Waals surface area (Å²) in [6.07, 6.45) is 1.77. The van der Waals surface area contributed by atoms with Crippen LogP contribution < -0.4 is 4.74 Å². The minimum Gasteiger partial charge on any atom is -0.406 e. The van der Waals surface area contributed by atoms with Gasteiger partial charge in [0.25, 0.3) is 0 Å². The van der Waals surface area contributed by atoms with Crippen molar-refractivity contribution in [2.75, 3.05) is 0 Å². The molecular formula is C23H22F3NO. The first-order valence-electron chi connectivity index (χ1n) is 9.50. The van der Waals surface area contributed by atoms with Gasteiger partial charge < -0.3 is 9.72 Å². The van der Waals surface area contributed by atoms with Gasteiger partial charge in [0.2, 0.25) is 0 Å². The van der Waals surface area contributed by atoms with E-state index in [1.54, 1.807) is 6.07 Å². The van der Waals surface area contributed by atoms with Crippen molar-refractivity contribution in [1.82, 2.24) is 4.98 Å². The first-order chi connectivity index (χ1) is 13.4. The minimum absolute atomic E-state index is 0.186. The molecule has 1 heterocycles. The van der Waals surface area contributed by atoms with Crippen LogP contribution in [0.25, 0.3) is 16.5 Å². The summed E-state index contributed by atoms with van der Waals surface area (Å²) in [7, 11) is 0. The number of aromatic nitrogens is 1. The van der Waals surface area contributed by atoms with Crippen LogP contribution in [0.2, 0.25) is 0 Å². The molecule has 0 spiro atoms. The summed E-state index contributed by atoms with van der Waals surface area (Å²) in [6, 6.07) is 15.0. The number of hydrogen-bond acceptors (Lipinski definition) is 1. The fraction of sp³-hybridized carbons (Fsp3) is 0.304. The molecule has 0 aliphatic heterocycles.